The molecule has 0 fully saturated rings. The van der Waals surface area contributed by atoms with Gasteiger partial charge in [-0.1, -0.05) is 0 Å². The Morgan fingerprint density at radius 2 is 2.07 bits per heavy atom. The second kappa shape index (κ2) is 4.51. The first-order valence-corrected chi connectivity index (χ1v) is 6.93. The predicted molar refractivity (Wildman–Crippen MR) is 60.6 cm³/mol. The third-order valence-electron chi connectivity index (χ3n) is 1.68. The van der Waals surface area contributed by atoms with Crippen LogP contribution in [0.25, 0.3) is 0 Å². The van der Waals surface area contributed by atoms with Crippen LogP contribution >= 0.6 is 26.6 Å². The van der Waals surface area contributed by atoms with Gasteiger partial charge in [-0.25, -0.2) is 8.42 Å². The van der Waals surface area contributed by atoms with E-state index in [0.717, 1.165) is 0 Å². The average molecular weight is 313 g/mol. The lowest BCUT2D eigenvalue weighted by molar-refractivity contribution is 0.0963. The van der Waals surface area contributed by atoms with Crippen molar-refractivity contribution in [1.29, 1.82) is 0 Å². The van der Waals surface area contributed by atoms with Gasteiger partial charge in [0.1, 0.15) is 0 Å². The Labute approximate surface area is 100 Å². The van der Waals surface area contributed by atoms with Gasteiger partial charge < -0.3 is 5.32 Å². The van der Waals surface area contributed by atoms with Crippen molar-refractivity contribution in [2.24, 2.45) is 0 Å². The zero-order valence-corrected chi connectivity index (χ0v) is 10.8. The minimum absolute atomic E-state index is 0.120. The number of carbonyl (C=O) groups is 1. The smallest absolute Gasteiger partial charge is 0.262 e. The molecule has 1 N–H and O–H groups in total. The third kappa shape index (κ3) is 2.93. The lowest BCUT2D eigenvalue weighted by Crippen LogP contribution is -2.18. The monoisotopic (exact) mass is 311 g/mol. The number of benzene rings is 1. The maximum absolute atomic E-state index is 11.2. The highest BCUT2D eigenvalue weighted by Gasteiger charge is 2.16. The number of amides is 1. The predicted octanol–water partition coefficient (Wildman–Crippen LogP) is 1.74. The molecule has 0 atom stereocenters. The fraction of sp³-hybridized carbons (Fsp3) is 0.125. The van der Waals surface area contributed by atoms with Crippen molar-refractivity contribution < 1.29 is 13.2 Å². The molecule has 1 aromatic rings. The number of hydrogen-bond acceptors (Lipinski definition) is 3. The van der Waals surface area contributed by atoms with Gasteiger partial charge in [0.05, 0.1) is 4.90 Å². The molecule has 0 saturated heterocycles. The minimum atomic E-state index is -3.85. The molecular weight excluding hydrogens is 306 g/mol. The van der Waals surface area contributed by atoms with Crippen LogP contribution < -0.4 is 5.32 Å². The van der Waals surface area contributed by atoms with Gasteiger partial charge in [-0.3, -0.25) is 4.79 Å². The van der Waals surface area contributed by atoms with Crippen LogP contribution in [-0.2, 0) is 9.05 Å². The molecule has 0 heterocycles. The van der Waals surface area contributed by atoms with E-state index in [1.54, 1.807) is 0 Å². The number of halogens is 2. The topological polar surface area (TPSA) is 63.2 Å². The first-order valence-electron chi connectivity index (χ1n) is 3.82. The fourth-order valence-corrected chi connectivity index (χ4v) is 3.09. The Morgan fingerprint density at radius 1 is 1.47 bits per heavy atom. The van der Waals surface area contributed by atoms with E-state index in [-0.39, 0.29) is 16.4 Å². The first kappa shape index (κ1) is 12.5. The molecule has 1 aromatic carbocycles. The molecule has 0 spiro atoms. The number of nitrogens with one attached hydrogen (secondary N) is 1. The molecule has 15 heavy (non-hydrogen) atoms. The highest BCUT2D eigenvalue weighted by Crippen LogP contribution is 2.26. The van der Waals surface area contributed by atoms with Crippen LogP contribution in [0.15, 0.2) is 27.6 Å². The molecule has 0 unspecified atom stereocenters. The molecule has 0 aliphatic carbocycles. The minimum Gasteiger partial charge on any atom is -0.355 e. The molecule has 82 valence electrons. The number of hydrogen-bond donors (Lipinski definition) is 1. The van der Waals surface area contributed by atoms with Gasteiger partial charge >= 0.3 is 0 Å². The van der Waals surface area contributed by atoms with E-state index >= 15 is 0 Å². The zero-order valence-electron chi connectivity index (χ0n) is 7.62. The van der Waals surface area contributed by atoms with E-state index in [2.05, 4.69) is 21.2 Å². The molecule has 0 saturated carbocycles. The first-order chi connectivity index (χ1) is 6.86. The van der Waals surface area contributed by atoms with Crippen molar-refractivity contribution >= 4 is 41.6 Å². The van der Waals surface area contributed by atoms with Crippen molar-refractivity contribution in [2.45, 2.75) is 4.90 Å². The van der Waals surface area contributed by atoms with Gasteiger partial charge in [0.2, 0.25) is 0 Å². The van der Waals surface area contributed by atoms with Crippen LogP contribution in [0.4, 0.5) is 0 Å². The molecule has 4 nitrogen and oxygen atoms in total. The zero-order chi connectivity index (χ0) is 11.6. The van der Waals surface area contributed by atoms with E-state index in [9.17, 15) is 13.2 Å². The second-order valence-corrected chi connectivity index (χ2v) is 6.05. The molecule has 7 heteroatoms. The quantitative estimate of drug-likeness (QED) is 0.846. The molecule has 1 amide bonds. The van der Waals surface area contributed by atoms with Crippen molar-refractivity contribution in [1.82, 2.24) is 5.32 Å². The summed E-state index contributed by atoms with van der Waals surface area (Å²) in [4.78, 5) is 11.1. The molecule has 0 radical (unpaired) electrons. The van der Waals surface area contributed by atoms with Gasteiger partial charge in [0, 0.05) is 27.8 Å². The van der Waals surface area contributed by atoms with E-state index in [0.29, 0.717) is 4.47 Å². The van der Waals surface area contributed by atoms with E-state index in [1.165, 1.54) is 25.2 Å². The Morgan fingerprint density at radius 3 is 2.53 bits per heavy atom. The highest BCUT2D eigenvalue weighted by molar-refractivity contribution is 9.10. The summed E-state index contributed by atoms with van der Waals surface area (Å²) in [6.07, 6.45) is 0. The maximum Gasteiger partial charge on any atom is 0.262 e. The van der Waals surface area contributed by atoms with E-state index in [1.807, 2.05) is 0 Å². The fourth-order valence-electron chi connectivity index (χ4n) is 0.976. The Balaban J connectivity index is 3.36. The summed E-state index contributed by atoms with van der Waals surface area (Å²) in [6.45, 7) is 0. The summed E-state index contributed by atoms with van der Waals surface area (Å²) in [6, 6.07) is 4.17. The van der Waals surface area contributed by atoms with E-state index in [4.69, 9.17) is 10.7 Å². The van der Waals surface area contributed by atoms with Crippen LogP contribution in [0.2, 0.25) is 0 Å². The van der Waals surface area contributed by atoms with Crippen LogP contribution in [0.3, 0.4) is 0 Å². The largest absolute Gasteiger partial charge is 0.355 e. The lowest BCUT2D eigenvalue weighted by Gasteiger charge is -2.03. The summed E-state index contributed by atoms with van der Waals surface area (Å²) in [5, 5.41) is 2.39. The van der Waals surface area contributed by atoms with Gasteiger partial charge in [-0.15, -0.1) is 0 Å². The molecule has 0 bridgehead atoms. The molecule has 0 aromatic heterocycles. The second-order valence-electron chi connectivity index (χ2n) is 2.66. The van der Waals surface area contributed by atoms with Crippen molar-refractivity contribution in [3.05, 3.63) is 28.2 Å². The van der Waals surface area contributed by atoms with Crippen LogP contribution in [-0.4, -0.2) is 21.4 Å². The van der Waals surface area contributed by atoms with Crippen LogP contribution in [0, 0.1) is 0 Å². The summed E-state index contributed by atoms with van der Waals surface area (Å²) in [7, 11) is 2.80. The molecular formula is C8H7BrClNO3S. The summed E-state index contributed by atoms with van der Waals surface area (Å²) in [5.74, 6) is -0.371. The average Bonchev–Trinajstić information content (AvgIpc) is 2.15. The van der Waals surface area contributed by atoms with Gasteiger partial charge in [0.25, 0.3) is 15.0 Å². The normalized spacial score (nSPS) is 11.1. The van der Waals surface area contributed by atoms with Crippen molar-refractivity contribution in [3.8, 4) is 0 Å². The summed E-state index contributed by atoms with van der Waals surface area (Å²) < 4.78 is 22.6. The highest BCUT2D eigenvalue weighted by atomic mass is 79.9. The van der Waals surface area contributed by atoms with Crippen LogP contribution in [0.5, 0.6) is 0 Å². The Kier molecular flexibility index (Phi) is 3.75. The molecule has 1 rings (SSSR count). The van der Waals surface area contributed by atoms with Gasteiger partial charge in [-0.05, 0) is 34.1 Å². The number of rotatable bonds is 2. The van der Waals surface area contributed by atoms with Gasteiger partial charge in [-0.2, -0.15) is 0 Å². The summed E-state index contributed by atoms with van der Waals surface area (Å²) >= 11 is 3.04. The standard InChI is InChI=1S/C8H7BrClNO3S/c1-11-8(12)5-2-3-6(9)7(4-5)15(10,13)14/h2-4H,1H3,(H,11,12). The Hall–Kier alpha value is -0.590. The SMILES string of the molecule is CNC(=O)c1ccc(Br)c(S(=O)(=O)Cl)c1. The van der Waals surface area contributed by atoms with Crippen molar-refractivity contribution in [2.75, 3.05) is 7.05 Å². The molecule has 0 aliphatic heterocycles. The maximum atomic E-state index is 11.2. The molecule has 0 aliphatic rings. The Bertz CT molecular complexity index is 501. The van der Waals surface area contributed by atoms with Gasteiger partial charge in [0.15, 0.2) is 0 Å². The number of carbonyl (C=O) groups excluding carboxylic acids is 1. The third-order valence-corrected chi connectivity index (χ3v) is 4.00. The summed E-state index contributed by atoms with van der Waals surface area (Å²) in [5.41, 5.74) is 0.236. The lowest BCUT2D eigenvalue weighted by atomic mass is 10.2. The van der Waals surface area contributed by atoms with Crippen LogP contribution in [0.1, 0.15) is 10.4 Å². The van der Waals surface area contributed by atoms with E-state index < -0.39 is 9.05 Å². The van der Waals surface area contributed by atoms with Crippen molar-refractivity contribution in [3.63, 3.8) is 0 Å².